The van der Waals surface area contributed by atoms with Gasteiger partial charge in [-0.2, -0.15) is 0 Å². The molecule has 0 spiro atoms. The number of nitrogens with zero attached hydrogens (tertiary/aromatic N) is 1. The number of aromatic nitrogens is 1. The van der Waals surface area contributed by atoms with Crippen LogP contribution in [0, 0.1) is 0 Å². The maximum Gasteiger partial charge on any atom is 0.346 e. The molecule has 76 valence electrons. The van der Waals surface area contributed by atoms with Gasteiger partial charge in [0.2, 0.25) is 5.89 Å². The third kappa shape index (κ3) is 1.59. The number of hydrogen-bond acceptors (Lipinski definition) is 3. The van der Waals surface area contributed by atoms with Crippen molar-refractivity contribution in [3.8, 4) is 0 Å². The van der Waals surface area contributed by atoms with Crippen LogP contribution in [0.3, 0.4) is 0 Å². The van der Waals surface area contributed by atoms with Crippen LogP contribution in [0.1, 0.15) is 24.7 Å². The summed E-state index contributed by atoms with van der Waals surface area (Å²) < 4.78 is 6.05. The van der Waals surface area contributed by atoms with Gasteiger partial charge in [-0.3, -0.25) is 0 Å². The van der Waals surface area contributed by atoms with Gasteiger partial charge in [0, 0.05) is 10.4 Å². The van der Waals surface area contributed by atoms with Crippen molar-refractivity contribution < 1.29 is 4.42 Å². The quantitative estimate of drug-likeness (QED) is 0.797. The Labute approximate surface area is 94.3 Å². The molecule has 0 saturated heterocycles. The lowest BCUT2D eigenvalue weighted by Crippen LogP contribution is -2.04. The minimum atomic E-state index is -0.289. The van der Waals surface area contributed by atoms with Crippen molar-refractivity contribution in [2.75, 3.05) is 0 Å². The van der Waals surface area contributed by atoms with E-state index in [0.717, 1.165) is 22.8 Å². The summed E-state index contributed by atoms with van der Waals surface area (Å²) in [6.45, 7) is 0. The van der Waals surface area contributed by atoms with Gasteiger partial charge in [0.25, 0.3) is 0 Å². The fraction of sp³-hybridized carbons (Fsp3) is 0.273. The van der Waals surface area contributed by atoms with Crippen LogP contribution in [0.15, 0.2) is 31.9 Å². The maximum atomic E-state index is 11.7. The first-order chi connectivity index (χ1) is 7.24. The van der Waals surface area contributed by atoms with Crippen LogP contribution in [-0.4, -0.2) is 4.98 Å². The van der Waals surface area contributed by atoms with E-state index in [4.69, 9.17) is 4.42 Å². The lowest BCUT2D eigenvalue weighted by Gasteiger charge is -1.99. The summed E-state index contributed by atoms with van der Waals surface area (Å²) in [5, 5.41) is 0.536. The lowest BCUT2D eigenvalue weighted by molar-refractivity contribution is 0.446. The smallest absolute Gasteiger partial charge is 0.346 e. The Morgan fingerprint density at radius 2 is 2.20 bits per heavy atom. The minimum absolute atomic E-state index is 0.289. The van der Waals surface area contributed by atoms with Crippen molar-refractivity contribution in [2.24, 2.45) is 0 Å². The van der Waals surface area contributed by atoms with E-state index in [1.54, 1.807) is 6.07 Å². The molecule has 1 fully saturated rings. The summed E-state index contributed by atoms with van der Waals surface area (Å²) in [5.74, 6) is 0.959. The molecule has 0 aliphatic heterocycles. The summed E-state index contributed by atoms with van der Waals surface area (Å²) in [4.78, 5) is 16.0. The van der Waals surface area contributed by atoms with Crippen molar-refractivity contribution in [1.82, 2.24) is 4.98 Å². The van der Waals surface area contributed by atoms with Crippen LogP contribution in [0.5, 0.6) is 0 Å². The average molecular weight is 266 g/mol. The van der Waals surface area contributed by atoms with Crippen molar-refractivity contribution >= 4 is 26.8 Å². The van der Waals surface area contributed by atoms with E-state index >= 15 is 0 Å². The summed E-state index contributed by atoms with van der Waals surface area (Å²) in [6, 6.07) is 5.46. The topological polar surface area (TPSA) is 43.1 Å². The second-order valence-electron chi connectivity index (χ2n) is 3.78. The normalized spacial score (nSPS) is 15.8. The number of halogens is 1. The summed E-state index contributed by atoms with van der Waals surface area (Å²) >= 11 is 3.32. The fourth-order valence-corrected chi connectivity index (χ4v) is 1.93. The molecule has 1 saturated carbocycles. The largest absolute Gasteiger partial charge is 0.408 e. The summed E-state index contributed by atoms with van der Waals surface area (Å²) in [5.41, 5.74) is 0.430. The average Bonchev–Trinajstić information content (AvgIpc) is 3.02. The molecule has 1 heterocycles. The molecule has 0 radical (unpaired) electrons. The zero-order chi connectivity index (χ0) is 10.4. The Kier molecular flexibility index (Phi) is 1.92. The minimum Gasteiger partial charge on any atom is -0.408 e. The number of hydrogen-bond donors (Lipinski definition) is 0. The van der Waals surface area contributed by atoms with Crippen LogP contribution >= 0.6 is 15.9 Å². The SMILES string of the molecule is O=c1oc(C2CC2)nc2ccc(Br)cc12. The van der Waals surface area contributed by atoms with Crippen LogP contribution < -0.4 is 5.63 Å². The Bertz CT molecular complexity index is 587. The first-order valence-electron chi connectivity index (χ1n) is 4.84. The predicted octanol–water partition coefficient (Wildman–Crippen LogP) is 2.83. The van der Waals surface area contributed by atoms with Crippen molar-refractivity contribution in [2.45, 2.75) is 18.8 Å². The molecule has 0 atom stereocenters. The first kappa shape index (κ1) is 9.09. The monoisotopic (exact) mass is 265 g/mol. The van der Waals surface area contributed by atoms with E-state index < -0.39 is 0 Å². The Balaban J connectivity index is 2.31. The molecular formula is C11H8BrNO2. The van der Waals surface area contributed by atoms with E-state index in [9.17, 15) is 4.79 Å². The fourth-order valence-electron chi connectivity index (χ4n) is 1.57. The van der Waals surface area contributed by atoms with Gasteiger partial charge in [0.15, 0.2) is 0 Å². The Hall–Kier alpha value is -1.16. The van der Waals surface area contributed by atoms with Gasteiger partial charge in [0.05, 0.1) is 10.9 Å². The van der Waals surface area contributed by atoms with Gasteiger partial charge in [0.1, 0.15) is 0 Å². The number of rotatable bonds is 1. The van der Waals surface area contributed by atoms with E-state index in [-0.39, 0.29) is 5.63 Å². The van der Waals surface area contributed by atoms with Gasteiger partial charge in [-0.25, -0.2) is 9.78 Å². The standard InChI is InChI=1S/C11H8BrNO2/c12-7-3-4-9-8(5-7)11(14)15-10(13-9)6-1-2-6/h3-6H,1-2H2. The molecule has 1 aliphatic rings. The molecule has 3 rings (SSSR count). The van der Waals surface area contributed by atoms with Gasteiger partial charge >= 0.3 is 5.63 Å². The molecule has 4 heteroatoms. The van der Waals surface area contributed by atoms with Crippen LogP contribution in [0.2, 0.25) is 0 Å². The summed E-state index contributed by atoms with van der Waals surface area (Å²) in [6.07, 6.45) is 2.16. The predicted molar refractivity (Wildman–Crippen MR) is 60.0 cm³/mol. The zero-order valence-corrected chi connectivity index (χ0v) is 9.45. The van der Waals surface area contributed by atoms with Crippen LogP contribution in [0.25, 0.3) is 10.9 Å². The highest BCUT2D eigenvalue weighted by Gasteiger charge is 2.28. The highest BCUT2D eigenvalue weighted by atomic mass is 79.9. The van der Waals surface area contributed by atoms with Gasteiger partial charge in [-0.1, -0.05) is 15.9 Å². The lowest BCUT2D eigenvalue weighted by atomic mass is 10.2. The van der Waals surface area contributed by atoms with Gasteiger partial charge in [-0.15, -0.1) is 0 Å². The van der Waals surface area contributed by atoms with Gasteiger partial charge < -0.3 is 4.42 Å². The molecule has 15 heavy (non-hydrogen) atoms. The number of benzene rings is 1. The van der Waals surface area contributed by atoms with Crippen molar-refractivity contribution in [1.29, 1.82) is 0 Å². The Morgan fingerprint density at radius 3 is 2.93 bits per heavy atom. The second-order valence-corrected chi connectivity index (χ2v) is 4.69. The molecule has 1 aliphatic carbocycles. The van der Waals surface area contributed by atoms with E-state index in [1.807, 2.05) is 12.1 Å². The molecule has 3 nitrogen and oxygen atoms in total. The maximum absolute atomic E-state index is 11.7. The zero-order valence-electron chi connectivity index (χ0n) is 7.87. The van der Waals surface area contributed by atoms with E-state index in [0.29, 0.717) is 17.2 Å². The molecular weight excluding hydrogens is 258 g/mol. The highest BCUT2D eigenvalue weighted by molar-refractivity contribution is 9.10. The van der Waals surface area contributed by atoms with Gasteiger partial charge in [-0.05, 0) is 31.0 Å². The molecule has 1 aromatic carbocycles. The number of fused-ring (bicyclic) bond motifs is 1. The first-order valence-corrected chi connectivity index (χ1v) is 5.63. The van der Waals surface area contributed by atoms with Crippen LogP contribution in [0.4, 0.5) is 0 Å². The molecule has 0 unspecified atom stereocenters. The molecule has 1 aromatic heterocycles. The van der Waals surface area contributed by atoms with E-state index in [1.165, 1.54) is 0 Å². The third-order valence-electron chi connectivity index (χ3n) is 2.53. The van der Waals surface area contributed by atoms with Crippen molar-refractivity contribution in [3.63, 3.8) is 0 Å². The van der Waals surface area contributed by atoms with Crippen LogP contribution in [-0.2, 0) is 0 Å². The third-order valence-corrected chi connectivity index (χ3v) is 3.03. The molecule has 0 N–H and O–H groups in total. The summed E-state index contributed by atoms with van der Waals surface area (Å²) in [7, 11) is 0. The van der Waals surface area contributed by atoms with E-state index in [2.05, 4.69) is 20.9 Å². The Morgan fingerprint density at radius 1 is 1.40 bits per heavy atom. The molecule has 0 amide bonds. The van der Waals surface area contributed by atoms with Crippen molar-refractivity contribution in [3.05, 3.63) is 39.0 Å². The highest BCUT2D eigenvalue weighted by Crippen LogP contribution is 2.38. The molecule has 0 bridgehead atoms. The second kappa shape index (κ2) is 3.17. The molecule has 2 aromatic rings.